The third-order valence-corrected chi connectivity index (χ3v) is 7.63. The molecule has 0 saturated carbocycles. The van der Waals surface area contributed by atoms with Crippen LogP contribution in [0.2, 0.25) is 0 Å². The van der Waals surface area contributed by atoms with Crippen LogP contribution in [0, 0.1) is 0 Å². The van der Waals surface area contributed by atoms with E-state index in [0.29, 0.717) is 29.2 Å². The highest BCUT2D eigenvalue weighted by atomic mass is 31.1. The first-order valence-corrected chi connectivity index (χ1v) is 8.02. The molecule has 0 radical (unpaired) electrons. The first kappa shape index (κ1) is 11.9. The van der Waals surface area contributed by atoms with Crippen molar-refractivity contribution in [3.05, 3.63) is 24.3 Å². The Balaban J connectivity index is 1.83. The Labute approximate surface area is 105 Å². The summed E-state index contributed by atoms with van der Waals surface area (Å²) in [5.74, 6) is -0.388. The van der Waals surface area contributed by atoms with Crippen molar-refractivity contribution in [3.63, 3.8) is 0 Å². The summed E-state index contributed by atoms with van der Waals surface area (Å²) >= 11 is 0. The molecule has 2 nitrogen and oxygen atoms in total. The van der Waals surface area contributed by atoms with Crippen LogP contribution >= 0.6 is 7.92 Å². The van der Waals surface area contributed by atoms with E-state index in [-0.39, 0.29) is 13.7 Å². The molecule has 2 heterocycles. The Morgan fingerprint density at radius 3 is 1.88 bits per heavy atom. The molecule has 2 fully saturated rings. The predicted octanol–water partition coefficient (Wildman–Crippen LogP) is 3.27. The van der Waals surface area contributed by atoms with Gasteiger partial charge < -0.3 is 9.47 Å². The lowest BCUT2D eigenvalue weighted by Crippen LogP contribution is -2.27. The van der Waals surface area contributed by atoms with Gasteiger partial charge in [0.15, 0.2) is 5.79 Å². The van der Waals surface area contributed by atoms with Crippen molar-refractivity contribution in [2.75, 3.05) is 0 Å². The molecule has 0 amide bonds. The Kier molecular flexibility index (Phi) is 2.74. The van der Waals surface area contributed by atoms with E-state index >= 15 is 0 Å². The van der Waals surface area contributed by atoms with E-state index < -0.39 is 0 Å². The topological polar surface area (TPSA) is 18.5 Å². The van der Waals surface area contributed by atoms with Gasteiger partial charge in [-0.15, -0.1) is 0 Å². The molecule has 2 aliphatic heterocycles. The fourth-order valence-electron chi connectivity index (χ4n) is 3.44. The van der Waals surface area contributed by atoms with E-state index in [1.54, 1.807) is 0 Å². The Morgan fingerprint density at radius 2 is 1.41 bits per heavy atom. The van der Waals surface area contributed by atoms with Gasteiger partial charge in [-0.05, 0) is 13.8 Å². The van der Waals surface area contributed by atoms with Crippen LogP contribution in [0.1, 0.15) is 27.7 Å². The number of hydrogen-bond donors (Lipinski definition) is 0. The van der Waals surface area contributed by atoms with Crippen LogP contribution < -0.4 is 0 Å². The molecule has 0 spiro atoms. The largest absolute Gasteiger partial charge is 0.344 e. The Morgan fingerprint density at radius 1 is 0.941 bits per heavy atom. The first-order chi connectivity index (χ1) is 7.99. The minimum absolute atomic E-state index is 0.0670. The van der Waals surface area contributed by atoms with Crippen molar-refractivity contribution in [2.45, 2.75) is 62.7 Å². The predicted molar refractivity (Wildman–Crippen MR) is 71.7 cm³/mol. The van der Waals surface area contributed by atoms with Crippen molar-refractivity contribution < 1.29 is 9.47 Å². The summed E-state index contributed by atoms with van der Waals surface area (Å²) < 4.78 is 12.2. The molecule has 3 rings (SSSR count). The summed E-state index contributed by atoms with van der Waals surface area (Å²) in [5.41, 5.74) is 1.89. The van der Waals surface area contributed by atoms with Crippen LogP contribution in [-0.2, 0) is 9.47 Å². The van der Waals surface area contributed by atoms with Crippen molar-refractivity contribution >= 4 is 7.92 Å². The highest BCUT2D eigenvalue weighted by Crippen LogP contribution is 2.63. The van der Waals surface area contributed by atoms with Crippen LogP contribution in [0.15, 0.2) is 24.3 Å². The summed E-state index contributed by atoms with van der Waals surface area (Å²) in [5, 5.41) is 0. The number of hydrogen-bond acceptors (Lipinski definition) is 2. The van der Waals surface area contributed by atoms with Gasteiger partial charge in [0.2, 0.25) is 0 Å². The molecule has 0 aromatic rings. The molecule has 3 heteroatoms. The lowest BCUT2D eigenvalue weighted by atomic mass is 10.1. The molecule has 1 aliphatic carbocycles. The van der Waals surface area contributed by atoms with Gasteiger partial charge in [-0.1, -0.05) is 46.1 Å². The van der Waals surface area contributed by atoms with E-state index in [4.69, 9.17) is 9.47 Å². The van der Waals surface area contributed by atoms with Gasteiger partial charge in [0, 0.05) is 17.0 Å². The lowest BCUT2D eigenvalue weighted by molar-refractivity contribution is -0.147. The average Bonchev–Trinajstić information content (AvgIpc) is 2.88. The van der Waals surface area contributed by atoms with E-state index in [0.717, 1.165) is 0 Å². The summed E-state index contributed by atoms with van der Waals surface area (Å²) in [7, 11) is -0.0670. The van der Waals surface area contributed by atoms with Crippen molar-refractivity contribution in [3.8, 4) is 0 Å². The second-order valence-electron chi connectivity index (χ2n) is 5.75. The molecule has 0 bridgehead atoms. The summed E-state index contributed by atoms with van der Waals surface area (Å²) in [4.78, 5) is 0. The molecule has 2 saturated heterocycles. The molecule has 4 atom stereocenters. The molecule has 4 unspecified atom stereocenters. The van der Waals surface area contributed by atoms with E-state index in [9.17, 15) is 0 Å². The van der Waals surface area contributed by atoms with Crippen molar-refractivity contribution in [1.29, 1.82) is 0 Å². The number of fused-ring (bicyclic) bond motifs is 1. The maximum absolute atomic E-state index is 6.09. The molecule has 3 aliphatic rings. The SMILES string of the molecule is CC1C2OC(C)(C)OC2C(C)P1C1C=CC=C1. The summed E-state index contributed by atoms with van der Waals surface area (Å²) in [6, 6.07) is 0. The van der Waals surface area contributed by atoms with Gasteiger partial charge in [-0.25, -0.2) is 0 Å². The van der Waals surface area contributed by atoms with Crippen LogP contribution in [0.5, 0.6) is 0 Å². The lowest BCUT2D eigenvalue weighted by Gasteiger charge is -2.30. The first-order valence-electron chi connectivity index (χ1n) is 6.48. The third-order valence-electron chi connectivity index (χ3n) is 4.13. The molecule has 94 valence electrons. The van der Waals surface area contributed by atoms with Crippen LogP contribution in [0.3, 0.4) is 0 Å². The van der Waals surface area contributed by atoms with Crippen molar-refractivity contribution in [1.82, 2.24) is 0 Å². The monoisotopic (exact) mass is 252 g/mol. The molecular weight excluding hydrogens is 231 g/mol. The smallest absolute Gasteiger partial charge is 0.163 e. The van der Waals surface area contributed by atoms with Crippen LogP contribution in [0.25, 0.3) is 0 Å². The second-order valence-corrected chi connectivity index (χ2v) is 8.87. The number of allylic oxidation sites excluding steroid dienone is 4. The summed E-state index contributed by atoms with van der Waals surface area (Å²) in [6.45, 7) is 8.75. The van der Waals surface area contributed by atoms with Gasteiger partial charge >= 0.3 is 0 Å². The van der Waals surface area contributed by atoms with Crippen LogP contribution in [-0.4, -0.2) is 35.0 Å². The van der Waals surface area contributed by atoms with Crippen LogP contribution in [0.4, 0.5) is 0 Å². The summed E-state index contributed by atoms with van der Waals surface area (Å²) in [6.07, 6.45) is 9.62. The zero-order valence-electron chi connectivity index (χ0n) is 11.0. The maximum atomic E-state index is 6.09. The fourth-order valence-corrected chi connectivity index (χ4v) is 7.00. The third kappa shape index (κ3) is 1.82. The van der Waals surface area contributed by atoms with Gasteiger partial charge in [0.25, 0.3) is 0 Å². The van der Waals surface area contributed by atoms with E-state index in [2.05, 4.69) is 38.2 Å². The zero-order valence-corrected chi connectivity index (χ0v) is 11.9. The van der Waals surface area contributed by atoms with Gasteiger partial charge in [0.1, 0.15) is 0 Å². The molecule has 0 aromatic carbocycles. The molecular formula is C14H21O2P. The van der Waals surface area contributed by atoms with Crippen molar-refractivity contribution in [2.24, 2.45) is 0 Å². The number of ether oxygens (including phenoxy) is 2. The van der Waals surface area contributed by atoms with Gasteiger partial charge in [0.05, 0.1) is 12.2 Å². The van der Waals surface area contributed by atoms with E-state index in [1.807, 2.05) is 13.8 Å². The molecule has 17 heavy (non-hydrogen) atoms. The highest BCUT2D eigenvalue weighted by Gasteiger charge is 2.56. The normalized spacial score (nSPS) is 47.9. The van der Waals surface area contributed by atoms with Gasteiger partial charge in [-0.2, -0.15) is 0 Å². The zero-order chi connectivity index (χ0) is 12.2. The standard InChI is InChI=1S/C14H21O2P/c1-9-12-13(16-14(3,4)15-12)10(2)17(9)11-7-5-6-8-11/h5-13H,1-4H3. The minimum atomic E-state index is -0.388. The quantitative estimate of drug-likeness (QED) is 0.667. The maximum Gasteiger partial charge on any atom is 0.163 e. The highest BCUT2D eigenvalue weighted by molar-refractivity contribution is 7.60. The average molecular weight is 252 g/mol. The Hall–Kier alpha value is -0.170. The Bertz CT molecular complexity index is 342. The molecule has 0 aromatic heterocycles. The number of rotatable bonds is 1. The minimum Gasteiger partial charge on any atom is -0.344 e. The fraction of sp³-hybridized carbons (Fsp3) is 0.714. The van der Waals surface area contributed by atoms with Gasteiger partial charge in [-0.3, -0.25) is 0 Å². The molecule has 0 N–H and O–H groups in total. The second kappa shape index (κ2) is 3.91. The van der Waals surface area contributed by atoms with E-state index in [1.165, 1.54) is 0 Å².